The van der Waals surface area contributed by atoms with Crippen molar-refractivity contribution in [1.82, 2.24) is 4.90 Å². The molecule has 28 heavy (non-hydrogen) atoms. The molecule has 3 rings (SSSR count). The first-order valence-electron chi connectivity index (χ1n) is 9.49. The van der Waals surface area contributed by atoms with E-state index in [1.807, 2.05) is 61.5 Å². The minimum atomic E-state index is -0.235. The topological polar surface area (TPSA) is 67.6 Å². The van der Waals surface area contributed by atoms with E-state index in [0.29, 0.717) is 11.4 Å². The minimum Gasteiger partial charge on any atom is -0.455 e. The third kappa shape index (κ3) is 5.25. The monoisotopic (exact) mass is 403 g/mol. The summed E-state index contributed by atoms with van der Waals surface area (Å²) in [5, 5.41) is 3.03. The Balaban J connectivity index is 0.00000280. The number of ether oxygens (including phenoxy) is 1. The Morgan fingerprint density at radius 3 is 2.50 bits per heavy atom. The molecule has 0 aliphatic carbocycles. The Labute approximate surface area is 173 Å². The summed E-state index contributed by atoms with van der Waals surface area (Å²) in [6.07, 6.45) is 0.901. The average Bonchev–Trinajstić information content (AvgIpc) is 2.65. The molecule has 5 nitrogen and oxygen atoms in total. The summed E-state index contributed by atoms with van der Waals surface area (Å²) < 4.78 is 5.94. The van der Waals surface area contributed by atoms with Gasteiger partial charge in [-0.15, -0.1) is 12.4 Å². The van der Waals surface area contributed by atoms with E-state index in [-0.39, 0.29) is 35.8 Å². The van der Waals surface area contributed by atoms with Gasteiger partial charge in [0.25, 0.3) is 0 Å². The van der Waals surface area contributed by atoms with E-state index in [4.69, 9.17) is 10.5 Å². The smallest absolute Gasteiger partial charge is 0.241 e. The number of rotatable bonds is 5. The number of nitrogens with one attached hydrogen (secondary N) is 1. The van der Waals surface area contributed by atoms with Gasteiger partial charge in [-0.1, -0.05) is 44.2 Å². The van der Waals surface area contributed by atoms with Crippen LogP contribution in [0.4, 0.5) is 5.69 Å². The van der Waals surface area contributed by atoms with Gasteiger partial charge in [0.1, 0.15) is 5.75 Å². The molecule has 0 aromatic heterocycles. The van der Waals surface area contributed by atoms with Crippen molar-refractivity contribution in [1.29, 1.82) is 0 Å². The standard InChI is InChI=1S/C22H29N3O2.ClH/c1-16(25-14-13-20(23)22(2,3)15-25)21(26)24-18-11-7-8-12-19(18)27-17-9-5-4-6-10-17;/h4-12,16,20H,13-15,23H2,1-3H3,(H,24,26);1H. The molecule has 1 fully saturated rings. The van der Waals surface area contributed by atoms with Crippen LogP contribution >= 0.6 is 12.4 Å². The zero-order chi connectivity index (χ0) is 19.4. The molecule has 2 aromatic rings. The highest BCUT2D eigenvalue weighted by molar-refractivity contribution is 5.95. The Bertz CT molecular complexity index is 782. The molecular formula is C22H30ClN3O2. The van der Waals surface area contributed by atoms with E-state index in [1.54, 1.807) is 0 Å². The maximum atomic E-state index is 12.9. The second kappa shape index (κ2) is 9.41. The Kier molecular flexibility index (Phi) is 7.47. The number of piperidine rings is 1. The fourth-order valence-electron chi connectivity index (χ4n) is 3.42. The first kappa shape index (κ1) is 22.2. The number of carbonyl (C=O) groups excluding carboxylic acids is 1. The summed E-state index contributed by atoms with van der Waals surface area (Å²) in [5.74, 6) is 1.33. The van der Waals surface area contributed by atoms with Gasteiger partial charge in [0.15, 0.2) is 5.75 Å². The van der Waals surface area contributed by atoms with Gasteiger partial charge in [-0.25, -0.2) is 0 Å². The van der Waals surface area contributed by atoms with Crippen LogP contribution in [-0.2, 0) is 4.79 Å². The third-order valence-corrected chi connectivity index (χ3v) is 5.38. The lowest BCUT2D eigenvalue weighted by molar-refractivity contribution is -0.122. The fraction of sp³-hybridized carbons (Fsp3) is 0.409. The Hall–Kier alpha value is -2.08. The number of hydrogen-bond donors (Lipinski definition) is 2. The molecule has 0 bridgehead atoms. The molecule has 6 heteroatoms. The minimum absolute atomic E-state index is 0. The highest BCUT2D eigenvalue weighted by Gasteiger charge is 2.36. The predicted molar refractivity (Wildman–Crippen MR) is 116 cm³/mol. The molecule has 2 atom stereocenters. The van der Waals surface area contributed by atoms with Gasteiger partial charge in [-0.3, -0.25) is 9.69 Å². The number of anilines is 1. The van der Waals surface area contributed by atoms with E-state index in [1.165, 1.54) is 0 Å². The molecular weight excluding hydrogens is 374 g/mol. The van der Waals surface area contributed by atoms with E-state index in [9.17, 15) is 4.79 Å². The summed E-state index contributed by atoms with van der Waals surface area (Å²) in [7, 11) is 0. The average molecular weight is 404 g/mol. The summed E-state index contributed by atoms with van der Waals surface area (Å²) in [4.78, 5) is 15.1. The number of likely N-dealkylation sites (tertiary alicyclic amines) is 1. The second-order valence-electron chi connectivity index (χ2n) is 7.93. The maximum Gasteiger partial charge on any atom is 0.241 e. The Morgan fingerprint density at radius 1 is 1.18 bits per heavy atom. The van der Waals surface area contributed by atoms with Crippen LogP contribution in [0.3, 0.4) is 0 Å². The van der Waals surface area contributed by atoms with Crippen LogP contribution in [-0.4, -0.2) is 36.0 Å². The third-order valence-electron chi connectivity index (χ3n) is 5.38. The number of nitrogens with zero attached hydrogens (tertiary/aromatic N) is 1. The van der Waals surface area contributed by atoms with Crippen LogP contribution in [0.5, 0.6) is 11.5 Å². The normalized spacial score (nSPS) is 19.9. The molecule has 2 aromatic carbocycles. The summed E-state index contributed by atoms with van der Waals surface area (Å²) in [6, 6.07) is 17.0. The van der Waals surface area contributed by atoms with E-state index < -0.39 is 0 Å². The highest BCUT2D eigenvalue weighted by Crippen LogP contribution is 2.31. The quantitative estimate of drug-likeness (QED) is 0.781. The van der Waals surface area contributed by atoms with Crippen molar-refractivity contribution in [2.24, 2.45) is 11.1 Å². The molecule has 1 saturated heterocycles. The molecule has 1 aliphatic rings. The maximum absolute atomic E-state index is 12.9. The lowest BCUT2D eigenvalue weighted by Gasteiger charge is -2.44. The fourth-order valence-corrected chi connectivity index (χ4v) is 3.42. The van der Waals surface area contributed by atoms with Crippen molar-refractivity contribution < 1.29 is 9.53 Å². The molecule has 0 saturated carbocycles. The first-order valence-corrected chi connectivity index (χ1v) is 9.49. The van der Waals surface area contributed by atoms with Crippen molar-refractivity contribution in [3.8, 4) is 11.5 Å². The van der Waals surface area contributed by atoms with Crippen molar-refractivity contribution in [3.05, 3.63) is 54.6 Å². The molecule has 1 heterocycles. The van der Waals surface area contributed by atoms with Crippen LogP contribution < -0.4 is 15.8 Å². The highest BCUT2D eigenvalue weighted by atomic mass is 35.5. The number of halogens is 1. The van der Waals surface area contributed by atoms with Gasteiger partial charge < -0.3 is 15.8 Å². The Morgan fingerprint density at radius 2 is 1.82 bits per heavy atom. The number of amides is 1. The largest absolute Gasteiger partial charge is 0.455 e. The van der Waals surface area contributed by atoms with Gasteiger partial charge in [0.2, 0.25) is 5.91 Å². The molecule has 0 radical (unpaired) electrons. The van der Waals surface area contributed by atoms with Crippen LogP contribution in [0.15, 0.2) is 54.6 Å². The predicted octanol–water partition coefficient (Wildman–Crippen LogP) is 4.29. The molecule has 152 valence electrons. The molecule has 2 unspecified atom stereocenters. The van der Waals surface area contributed by atoms with E-state index in [2.05, 4.69) is 24.1 Å². The van der Waals surface area contributed by atoms with Crippen LogP contribution in [0.2, 0.25) is 0 Å². The number of carbonyl (C=O) groups is 1. The zero-order valence-electron chi connectivity index (χ0n) is 16.7. The number of nitrogens with two attached hydrogens (primary N) is 1. The number of para-hydroxylation sites is 3. The summed E-state index contributed by atoms with van der Waals surface area (Å²) >= 11 is 0. The molecule has 0 spiro atoms. The second-order valence-corrected chi connectivity index (χ2v) is 7.93. The lowest BCUT2D eigenvalue weighted by Crippen LogP contribution is -2.56. The van der Waals surface area contributed by atoms with Crippen LogP contribution in [0, 0.1) is 5.41 Å². The van der Waals surface area contributed by atoms with Gasteiger partial charge in [-0.05, 0) is 43.0 Å². The molecule has 3 N–H and O–H groups in total. The van der Waals surface area contributed by atoms with Gasteiger partial charge in [0, 0.05) is 19.1 Å². The van der Waals surface area contributed by atoms with Crippen molar-refractivity contribution >= 4 is 24.0 Å². The zero-order valence-corrected chi connectivity index (χ0v) is 17.5. The van der Waals surface area contributed by atoms with Gasteiger partial charge in [-0.2, -0.15) is 0 Å². The summed E-state index contributed by atoms with van der Waals surface area (Å²) in [6.45, 7) is 7.92. The molecule has 1 amide bonds. The SMILES string of the molecule is CC(C(=O)Nc1ccccc1Oc1ccccc1)N1CCC(N)C(C)(C)C1.Cl. The van der Waals surface area contributed by atoms with Crippen molar-refractivity contribution in [3.63, 3.8) is 0 Å². The summed E-state index contributed by atoms with van der Waals surface area (Å²) in [5.41, 5.74) is 6.90. The molecule has 1 aliphatic heterocycles. The first-order chi connectivity index (χ1) is 12.9. The van der Waals surface area contributed by atoms with Gasteiger partial charge >= 0.3 is 0 Å². The van der Waals surface area contributed by atoms with Gasteiger partial charge in [0.05, 0.1) is 11.7 Å². The van der Waals surface area contributed by atoms with Crippen molar-refractivity contribution in [2.75, 3.05) is 18.4 Å². The van der Waals surface area contributed by atoms with E-state index >= 15 is 0 Å². The van der Waals surface area contributed by atoms with E-state index in [0.717, 1.165) is 25.3 Å². The van der Waals surface area contributed by atoms with Crippen LogP contribution in [0.25, 0.3) is 0 Å². The lowest BCUT2D eigenvalue weighted by atomic mass is 9.79. The van der Waals surface area contributed by atoms with Crippen molar-refractivity contribution in [2.45, 2.75) is 39.3 Å². The number of hydrogen-bond acceptors (Lipinski definition) is 4. The van der Waals surface area contributed by atoms with Crippen LogP contribution in [0.1, 0.15) is 27.2 Å². The number of benzene rings is 2.